The van der Waals surface area contributed by atoms with Crippen LogP contribution in [0.3, 0.4) is 0 Å². The summed E-state index contributed by atoms with van der Waals surface area (Å²) in [4.78, 5) is 0. The van der Waals surface area contributed by atoms with Gasteiger partial charge in [0.1, 0.15) is 5.83 Å². The fourth-order valence-electron chi connectivity index (χ4n) is 1.63. The van der Waals surface area contributed by atoms with Gasteiger partial charge in [-0.15, -0.1) is 0 Å². The minimum atomic E-state index is 0.00347. The summed E-state index contributed by atoms with van der Waals surface area (Å²) in [5, 5.41) is 0. The third-order valence-corrected chi connectivity index (χ3v) is 2.14. The summed E-state index contributed by atoms with van der Waals surface area (Å²) in [5.41, 5.74) is 2.15. The number of halogens is 1. The molecule has 1 rings (SSSR count). The van der Waals surface area contributed by atoms with Crippen molar-refractivity contribution in [1.82, 2.24) is 0 Å². The van der Waals surface area contributed by atoms with Crippen LogP contribution in [0, 0.1) is 5.92 Å². The van der Waals surface area contributed by atoms with Gasteiger partial charge in [-0.3, -0.25) is 0 Å². The Morgan fingerprint density at radius 1 is 1.45 bits per heavy atom. The van der Waals surface area contributed by atoms with E-state index in [0.29, 0.717) is 5.92 Å². The summed E-state index contributed by atoms with van der Waals surface area (Å²) in [6, 6.07) is 0. The zero-order valence-electron chi connectivity index (χ0n) is 7.45. The van der Waals surface area contributed by atoms with Gasteiger partial charge in [-0.2, -0.15) is 0 Å². The molecular formula is C10H15F. The van der Waals surface area contributed by atoms with Gasteiger partial charge in [0.05, 0.1) is 0 Å². The van der Waals surface area contributed by atoms with Crippen LogP contribution in [0.25, 0.3) is 0 Å². The smallest absolute Gasteiger partial charge is 0.122 e. The van der Waals surface area contributed by atoms with Gasteiger partial charge in [0.2, 0.25) is 0 Å². The third-order valence-electron chi connectivity index (χ3n) is 2.14. The van der Waals surface area contributed by atoms with E-state index in [1.54, 1.807) is 6.08 Å². The van der Waals surface area contributed by atoms with Gasteiger partial charge >= 0.3 is 0 Å². The lowest BCUT2D eigenvalue weighted by Gasteiger charge is -2.17. The second kappa shape index (κ2) is 3.21. The van der Waals surface area contributed by atoms with Crippen LogP contribution in [-0.4, -0.2) is 0 Å². The van der Waals surface area contributed by atoms with Crippen LogP contribution < -0.4 is 0 Å². The Morgan fingerprint density at radius 2 is 2.09 bits per heavy atom. The molecule has 62 valence electrons. The zero-order chi connectivity index (χ0) is 8.43. The molecule has 1 aliphatic carbocycles. The molecule has 0 aromatic heterocycles. The molecule has 1 heteroatoms. The minimum Gasteiger partial charge on any atom is -0.207 e. The largest absolute Gasteiger partial charge is 0.207 e. The highest BCUT2D eigenvalue weighted by atomic mass is 19.1. The molecule has 0 nitrogen and oxygen atoms in total. The molecule has 0 unspecified atom stereocenters. The lowest BCUT2D eigenvalue weighted by molar-refractivity contribution is 0.583. The third kappa shape index (κ3) is 1.70. The van der Waals surface area contributed by atoms with Crippen molar-refractivity contribution in [2.75, 3.05) is 0 Å². The Bertz CT molecular complexity index is 209. The van der Waals surface area contributed by atoms with Gasteiger partial charge in [0.15, 0.2) is 0 Å². The van der Waals surface area contributed by atoms with Crippen molar-refractivity contribution >= 4 is 0 Å². The van der Waals surface area contributed by atoms with E-state index < -0.39 is 0 Å². The van der Waals surface area contributed by atoms with Crippen molar-refractivity contribution in [3.8, 4) is 0 Å². The summed E-state index contributed by atoms with van der Waals surface area (Å²) >= 11 is 0. The van der Waals surface area contributed by atoms with Gasteiger partial charge in [0, 0.05) is 0 Å². The van der Waals surface area contributed by atoms with Gasteiger partial charge < -0.3 is 0 Å². The average Bonchev–Trinajstić information content (AvgIpc) is 1.85. The fraction of sp³-hybridized carbons (Fsp3) is 0.600. The van der Waals surface area contributed by atoms with Crippen LogP contribution in [0.2, 0.25) is 0 Å². The number of allylic oxidation sites excluding steroid dienone is 4. The van der Waals surface area contributed by atoms with E-state index in [-0.39, 0.29) is 5.83 Å². The first kappa shape index (κ1) is 8.51. The van der Waals surface area contributed by atoms with Crippen molar-refractivity contribution in [3.63, 3.8) is 0 Å². The molecule has 0 aromatic rings. The van der Waals surface area contributed by atoms with E-state index >= 15 is 0 Å². The molecule has 0 bridgehead atoms. The van der Waals surface area contributed by atoms with E-state index in [2.05, 4.69) is 0 Å². The van der Waals surface area contributed by atoms with Gasteiger partial charge in [0.25, 0.3) is 0 Å². The lowest BCUT2D eigenvalue weighted by atomic mass is 9.90. The molecule has 0 N–H and O–H groups in total. The second-order valence-electron chi connectivity index (χ2n) is 3.44. The van der Waals surface area contributed by atoms with E-state index in [0.717, 1.165) is 18.4 Å². The molecule has 0 spiro atoms. The Kier molecular flexibility index (Phi) is 2.48. The van der Waals surface area contributed by atoms with Crippen LogP contribution in [0.5, 0.6) is 0 Å². The van der Waals surface area contributed by atoms with Crippen molar-refractivity contribution in [2.24, 2.45) is 5.92 Å². The van der Waals surface area contributed by atoms with E-state index in [1.165, 1.54) is 5.57 Å². The number of rotatable bonds is 1. The molecule has 0 heterocycles. The highest BCUT2D eigenvalue weighted by Crippen LogP contribution is 2.30. The summed E-state index contributed by atoms with van der Waals surface area (Å²) < 4.78 is 13.2. The van der Waals surface area contributed by atoms with E-state index in [1.807, 2.05) is 20.8 Å². The summed E-state index contributed by atoms with van der Waals surface area (Å²) in [7, 11) is 0. The van der Waals surface area contributed by atoms with Crippen LogP contribution in [0.4, 0.5) is 4.39 Å². The Labute approximate surface area is 67.8 Å². The monoisotopic (exact) mass is 154 g/mol. The quantitative estimate of drug-likeness (QED) is 0.541. The maximum atomic E-state index is 13.2. The Morgan fingerprint density at radius 3 is 2.45 bits per heavy atom. The topological polar surface area (TPSA) is 0 Å². The minimum absolute atomic E-state index is 0.00347. The molecule has 0 radical (unpaired) electrons. The first-order valence-corrected chi connectivity index (χ1v) is 4.18. The second-order valence-corrected chi connectivity index (χ2v) is 3.44. The van der Waals surface area contributed by atoms with Crippen molar-refractivity contribution in [3.05, 3.63) is 23.0 Å². The maximum absolute atomic E-state index is 13.2. The van der Waals surface area contributed by atoms with Crippen LogP contribution in [0.1, 0.15) is 33.6 Å². The first-order valence-electron chi connectivity index (χ1n) is 4.18. The Balaban J connectivity index is 2.94. The lowest BCUT2D eigenvalue weighted by Crippen LogP contribution is -2.02. The van der Waals surface area contributed by atoms with Crippen molar-refractivity contribution in [1.29, 1.82) is 0 Å². The number of hydrogen-bond acceptors (Lipinski definition) is 0. The van der Waals surface area contributed by atoms with Gasteiger partial charge in [-0.1, -0.05) is 19.4 Å². The average molecular weight is 154 g/mol. The highest BCUT2D eigenvalue weighted by molar-refractivity contribution is 5.34. The fourth-order valence-corrected chi connectivity index (χ4v) is 1.63. The molecule has 0 aliphatic heterocycles. The standard InChI is InChI=1S/C10H15F/c1-7(2)10-8(3)5-4-6-9(10)11/h6-7H,4-5H2,1-3H3. The maximum Gasteiger partial charge on any atom is 0.122 e. The normalized spacial score (nSPS) is 19.2. The molecular weight excluding hydrogens is 139 g/mol. The Hall–Kier alpha value is -0.590. The summed E-state index contributed by atoms with van der Waals surface area (Å²) in [5.74, 6) is 0.329. The first-order chi connectivity index (χ1) is 5.13. The van der Waals surface area contributed by atoms with Crippen molar-refractivity contribution in [2.45, 2.75) is 33.6 Å². The molecule has 0 saturated carbocycles. The highest BCUT2D eigenvalue weighted by Gasteiger charge is 2.15. The molecule has 0 aromatic carbocycles. The zero-order valence-corrected chi connectivity index (χ0v) is 7.45. The molecule has 11 heavy (non-hydrogen) atoms. The van der Waals surface area contributed by atoms with Crippen molar-refractivity contribution < 1.29 is 4.39 Å². The molecule has 0 amide bonds. The molecule has 0 atom stereocenters. The predicted octanol–water partition coefficient (Wildman–Crippen LogP) is 3.61. The van der Waals surface area contributed by atoms with Gasteiger partial charge in [-0.05, 0) is 37.3 Å². The van der Waals surface area contributed by atoms with E-state index in [4.69, 9.17) is 0 Å². The van der Waals surface area contributed by atoms with E-state index in [9.17, 15) is 4.39 Å². The van der Waals surface area contributed by atoms with Gasteiger partial charge in [-0.25, -0.2) is 4.39 Å². The SMILES string of the molecule is CC1=C(C(C)C)C(F)=CCC1. The predicted molar refractivity (Wildman–Crippen MR) is 46.0 cm³/mol. The molecule has 0 saturated heterocycles. The molecule has 1 aliphatic rings. The summed E-state index contributed by atoms with van der Waals surface area (Å²) in [6.07, 6.45) is 3.59. The van der Waals surface area contributed by atoms with Crippen LogP contribution in [0.15, 0.2) is 23.0 Å². The molecule has 0 fully saturated rings. The van der Waals surface area contributed by atoms with Crippen LogP contribution in [-0.2, 0) is 0 Å². The van der Waals surface area contributed by atoms with Crippen LogP contribution >= 0.6 is 0 Å². The number of hydrogen-bond donors (Lipinski definition) is 0. The summed E-state index contributed by atoms with van der Waals surface area (Å²) in [6.45, 7) is 6.11.